The Morgan fingerprint density at radius 1 is 0.913 bits per heavy atom. The molecule has 120 valence electrons. The third kappa shape index (κ3) is 3.74. The third-order valence-corrected chi connectivity index (χ3v) is 4.72. The number of hydrogen-bond donors (Lipinski definition) is 2. The van der Waals surface area contributed by atoms with E-state index >= 15 is 0 Å². The van der Waals surface area contributed by atoms with Gasteiger partial charge in [-0.3, -0.25) is 0 Å². The predicted octanol–water partition coefficient (Wildman–Crippen LogP) is 4.16. The zero-order valence-electron chi connectivity index (χ0n) is 13.3. The molecular weight excluding hydrogens is 308 g/mol. The van der Waals surface area contributed by atoms with Gasteiger partial charge in [-0.1, -0.05) is 6.08 Å². The molecule has 0 aliphatic carbocycles. The lowest BCUT2D eigenvalue weighted by atomic mass is 10.1. The maximum atomic E-state index is 5.33. The first-order valence-corrected chi connectivity index (χ1v) is 8.46. The van der Waals surface area contributed by atoms with Crippen LogP contribution in [0.15, 0.2) is 53.4 Å². The van der Waals surface area contributed by atoms with Crippen molar-refractivity contribution in [3.63, 3.8) is 0 Å². The molecule has 0 spiro atoms. The number of hydrazine groups is 1. The molecule has 0 amide bonds. The van der Waals surface area contributed by atoms with Crippen LogP contribution in [0.1, 0.15) is 12.0 Å². The van der Waals surface area contributed by atoms with E-state index < -0.39 is 0 Å². The summed E-state index contributed by atoms with van der Waals surface area (Å²) in [6.45, 7) is 0. The quantitative estimate of drug-likeness (QED) is 0.807. The molecular formula is C18H20N2O2S. The Hall–Kier alpha value is -2.27. The fraction of sp³-hybridized carbons (Fsp3) is 0.222. The van der Waals surface area contributed by atoms with E-state index in [1.165, 1.54) is 10.5 Å². The number of methoxy groups -OCH3 is 2. The molecule has 5 heteroatoms. The molecule has 1 heterocycles. The highest BCUT2D eigenvalue weighted by Crippen LogP contribution is 2.34. The summed E-state index contributed by atoms with van der Waals surface area (Å²) < 4.78 is 10.5. The number of benzene rings is 2. The Bertz CT molecular complexity index is 699. The Labute approximate surface area is 140 Å². The molecule has 0 aromatic heterocycles. The monoisotopic (exact) mass is 328 g/mol. The first kappa shape index (κ1) is 15.6. The fourth-order valence-corrected chi connectivity index (χ4v) is 3.37. The predicted molar refractivity (Wildman–Crippen MR) is 96.1 cm³/mol. The fourth-order valence-electron chi connectivity index (χ4n) is 2.39. The van der Waals surface area contributed by atoms with Gasteiger partial charge in [-0.15, -0.1) is 11.8 Å². The van der Waals surface area contributed by atoms with E-state index in [4.69, 9.17) is 9.47 Å². The molecule has 0 saturated carbocycles. The first-order chi connectivity index (χ1) is 11.3. The van der Waals surface area contributed by atoms with Crippen LogP contribution in [0.2, 0.25) is 0 Å². The lowest BCUT2D eigenvalue weighted by molar-refractivity contribution is 0.413. The summed E-state index contributed by atoms with van der Waals surface area (Å²) in [7, 11) is 3.36. The maximum absolute atomic E-state index is 5.33. The van der Waals surface area contributed by atoms with Crippen molar-refractivity contribution in [2.75, 3.05) is 25.4 Å². The molecule has 2 aromatic rings. The van der Waals surface area contributed by atoms with Crippen molar-refractivity contribution in [3.8, 4) is 11.5 Å². The van der Waals surface area contributed by atoms with Gasteiger partial charge in [-0.05, 0) is 48.9 Å². The maximum Gasteiger partial charge on any atom is 0.120 e. The van der Waals surface area contributed by atoms with E-state index in [1.807, 2.05) is 42.1 Å². The SMILES string of the molecule is COc1ccc(NNC2=CCCSc3cc(OC)ccc32)cc1. The van der Waals surface area contributed by atoms with E-state index in [0.717, 1.165) is 35.1 Å². The number of nitrogens with one attached hydrogen (secondary N) is 2. The van der Waals surface area contributed by atoms with Crippen molar-refractivity contribution in [1.29, 1.82) is 0 Å². The Balaban J connectivity index is 1.76. The standard InChI is InChI=1S/C18H20N2O2S/c1-21-14-7-5-13(6-8-14)19-20-17-4-3-11-23-18-12-15(22-2)9-10-16(17)18/h4-10,12,19-20H,3,11H2,1-2H3. The van der Waals surface area contributed by atoms with E-state index in [0.29, 0.717) is 0 Å². The third-order valence-electron chi connectivity index (χ3n) is 3.63. The summed E-state index contributed by atoms with van der Waals surface area (Å²) in [5, 5.41) is 0. The van der Waals surface area contributed by atoms with Crippen LogP contribution in [0.5, 0.6) is 11.5 Å². The van der Waals surface area contributed by atoms with Gasteiger partial charge in [0.1, 0.15) is 11.5 Å². The Morgan fingerprint density at radius 3 is 2.39 bits per heavy atom. The van der Waals surface area contributed by atoms with Crippen molar-refractivity contribution >= 4 is 23.1 Å². The minimum absolute atomic E-state index is 0.845. The van der Waals surface area contributed by atoms with Gasteiger partial charge in [0.2, 0.25) is 0 Å². The van der Waals surface area contributed by atoms with Gasteiger partial charge in [0.25, 0.3) is 0 Å². The summed E-state index contributed by atoms with van der Waals surface area (Å²) in [6, 6.07) is 14.0. The molecule has 3 rings (SSSR count). The molecule has 0 atom stereocenters. The molecule has 4 nitrogen and oxygen atoms in total. The van der Waals surface area contributed by atoms with Crippen molar-refractivity contribution in [2.45, 2.75) is 11.3 Å². The number of fused-ring (bicyclic) bond motifs is 1. The van der Waals surface area contributed by atoms with Crippen LogP contribution in [-0.4, -0.2) is 20.0 Å². The average molecular weight is 328 g/mol. The molecule has 2 N–H and O–H groups in total. The number of ether oxygens (including phenoxy) is 2. The number of hydrogen-bond acceptors (Lipinski definition) is 5. The summed E-state index contributed by atoms with van der Waals surface area (Å²) in [6.07, 6.45) is 3.25. The normalized spacial score (nSPS) is 13.4. The molecule has 0 bridgehead atoms. The zero-order chi connectivity index (χ0) is 16.1. The zero-order valence-corrected chi connectivity index (χ0v) is 14.1. The minimum atomic E-state index is 0.845. The molecule has 23 heavy (non-hydrogen) atoms. The topological polar surface area (TPSA) is 42.5 Å². The summed E-state index contributed by atoms with van der Waals surface area (Å²) in [5.74, 6) is 2.80. The highest BCUT2D eigenvalue weighted by atomic mass is 32.2. The van der Waals surface area contributed by atoms with Gasteiger partial charge in [-0.25, -0.2) is 0 Å². The molecule has 1 aliphatic heterocycles. The first-order valence-electron chi connectivity index (χ1n) is 7.47. The number of thioether (sulfide) groups is 1. The lowest BCUT2D eigenvalue weighted by Crippen LogP contribution is -2.20. The smallest absolute Gasteiger partial charge is 0.120 e. The van der Waals surface area contributed by atoms with E-state index in [9.17, 15) is 0 Å². The lowest BCUT2D eigenvalue weighted by Gasteiger charge is -2.16. The van der Waals surface area contributed by atoms with Crippen molar-refractivity contribution in [2.24, 2.45) is 0 Å². The second kappa shape index (κ2) is 7.33. The van der Waals surface area contributed by atoms with E-state index in [-0.39, 0.29) is 0 Å². The van der Waals surface area contributed by atoms with E-state index in [2.05, 4.69) is 29.1 Å². The molecule has 0 unspecified atom stereocenters. The Kier molecular flexibility index (Phi) is 4.98. The van der Waals surface area contributed by atoms with E-state index in [1.54, 1.807) is 14.2 Å². The number of anilines is 1. The van der Waals surface area contributed by atoms with Gasteiger partial charge in [0, 0.05) is 16.2 Å². The minimum Gasteiger partial charge on any atom is -0.497 e. The number of rotatable bonds is 5. The van der Waals surface area contributed by atoms with Crippen LogP contribution in [-0.2, 0) is 0 Å². The summed E-state index contributed by atoms with van der Waals surface area (Å²) in [4.78, 5) is 1.23. The van der Waals surface area contributed by atoms with Crippen LogP contribution in [0.4, 0.5) is 5.69 Å². The van der Waals surface area contributed by atoms with Gasteiger partial charge >= 0.3 is 0 Å². The van der Waals surface area contributed by atoms with Crippen LogP contribution < -0.4 is 20.3 Å². The van der Waals surface area contributed by atoms with Gasteiger partial charge in [0.05, 0.1) is 25.6 Å². The van der Waals surface area contributed by atoms with Crippen LogP contribution in [0.3, 0.4) is 0 Å². The molecule has 1 aliphatic rings. The van der Waals surface area contributed by atoms with Crippen molar-refractivity contribution < 1.29 is 9.47 Å². The average Bonchev–Trinajstić information content (AvgIpc) is 2.81. The van der Waals surface area contributed by atoms with Gasteiger partial charge < -0.3 is 20.3 Å². The van der Waals surface area contributed by atoms with Crippen LogP contribution in [0, 0.1) is 0 Å². The van der Waals surface area contributed by atoms with Crippen molar-refractivity contribution in [1.82, 2.24) is 5.43 Å². The van der Waals surface area contributed by atoms with Crippen LogP contribution >= 0.6 is 11.8 Å². The van der Waals surface area contributed by atoms with Crippen LogP contribution in [0.25, 0.3) is 5.70 Å². The second-order valence-electron chi connectivity index (χ2n) is 5.10. The van der Waals surface area contributed by atoms with Crippen molar-refractivity contribution in [3.05, 3.63) is 54.1 Å². The molecule has 0 saturated heterocycles. The largest absolute Gasteiger partial charge is 0.497 e. The highest BCUT2D eigenvalue weighted by Gasteiger charge is 2.13. The number of allylic oxidation sites excluding steroid dienone is 1. The highest BCUT2D eigenvalue weighted by molar-refractivity contribution is 7.99. The summed E-state index contributed by atoms with van der Waals surface area (Å²) in [5.41, 5.74) is 9.83. The summed E-state index contributed by atoms with van der Waals surface area (Å²) >= 11 is 1.85. The Morgan fingerprint density at radius 2 is 1.65 bits per heavy atom. The molecule has 0 fully saturated rings. The molecule has 0 radical (unpaired) electrons. The van der Waals surface area contributed by atoms with Gasteiger partial charge in [-0.2, -0.15) is 0 Å². The second-order valence-corrected chi connectivity index (χ2v) is 6.23. The van der Waals surface area contributed by atoms with Gasteiger partial charge in [0.15, 0.2) is 0 Å². The molecule has 2 aromatic carbocycles.